The van der Waals surface area contributed by atoms with E-state index in [1.165, 1.54) is 12.8 Å². The quantitative estimate of drug-likeness (QED) is 0.843. The third-order valence-corrected chi connectivity index (χ3v) is 4.48. The van der Waals surface area contributed by atoms with Crippen molar-refractivity contribution >= 4 is 21.8 Å². The summed E-state index contributed by atoms with van der Waals surface area (Å²) in [5.74, 6) is 0.145. The van der Waals surface area contributed by atoms with Crippen LogP contribution < -0.4 is 0 Å². The van der Waals surface area contributed by atoms with Gasteiger partial charge in [0.1, 0.15) is 5.69 Å². The molecule has 1 aliphatic carbocycles. The monoisotopic (exact) mass is 340 g/mol. The van der Waals surface area contributed by atoms with Crippen LogP contribution in [0.3, 0.4) is 0 Å². The molecule has 20 heavy (non-hydrogen) atoms. The van der Waals surface area contributed by atoms with Gasteiger partial charge in [-0.25, -0.2) is 0 Å². The fourth-order valence-corrected chi connectivity index (χ4v) is 3.37. The van der Waals surface area contributed by atoms with Gasteiger partial charge in [-0.05, 0) is 54.6 Å². The van der Waals surface area contributed by atoms with Gasteiger partial charge in [-0.15, -0.1) is 0 Å². The highest BCUT2D eigenvalue weighted by Gasteiger charge is 2.31. The van der Waals surface area contributed by atoms with Crippen LogP contribution in [0.15, 0.2) is 16.7 Å². The number of amides is 1. The topological polar surface area (TPSA) is 34.5 Å². The van der Waals surface area contributed by atoms with Crippen LogP contribution in [0, 0.1) is 0 Å². The van der Waals surface area contributed by atoms with Crippen molar-refractivity contribution < 1.29 is 9.53 Å². The number of hydrogen-bond donors (Lipinski definition) is 0. The number of halogens is 1. The zero-order valence-electron chi connectivity index (χ0n) is 11.8. The minimum absolute atomic E-state index is 0.145. The smallest absolute Gasteiger partial charge is 0.270 e. The first kappa shape index (κ1) is 14.1. The van der Waals surface area contributed by atoms with Crippen LogP contribution in [0.2, 0.25) is 0 Å². The molecule has 3 rings (SSSR count). The molecule has 1 atom stereocenters. The van der Waals surface area contributed by atoms with E-state index in [9.17, 15) is 4.79 Å². The van der Waals surface area contributed by atoms with E-state index >= 15 is 0 Å². The van der Waals surface area contributed by atoms with E-state index < -0.39 is 0 Å². The Morgan fingerprint density at radius 3 is 2.95 bits per heavy atom. The number of carbonyl (C=O) groups excluding carboxylic acids is 1. The van der Waals surface area contributed by atoms with Crippen LogP contribution in [0.1, 0.15) is 49.1 Å². The number of carbonyl (C=O) groups is 1. The molecule has 0 spiro atoms. The van der Waals surface area contributed by atoms with Crippen LogP contribution in [-0.4, -0.2) is 41.2 Å². The zero-order valence-corrected chi connectivity index (χ0v) is 13.4. The minimum Gasteiger partial charge on any atom is -0.377 e. The molecule has 0 aromatic carbocycles. The van der Waals surface area contributed by atoms with E-state index in [0.717, 1.165) is 42.7 Å². The summed E-state index contributed by atoms with van der Waals surface area (Å²) in [7, 11) is 0. The molecule has 0 radical (unpaired) electrons. The molecule has 0 N–H and O–H groups in total. The van der Waals surface area contributed by atoms with Crippen molar-refractivity contribution in [3.63, 3.8) is 0 Å². The fourth-order valence-electron chi connectivity index (χ4n) is 2.93. The van der Waals surface area contributed by atoms with Crippen molar-refractivity contribution in [3.8, 4) is 0 Å². The van der Waals surface area contributed by atoms with E-state index in [2.05, 4.69) is 20.5 Å². The van der Waals surface area contributed by atoms with Crippen LogP contribution in [-0.2, 0) is 4.74 Å². The predicted molar refractivity (Wildman–Crippen MR) is 81.0 cm³/mol. The highest BCUT2D eigenvalue weighted by molar-refractivity contribution is 9.10. The summed E-state index contributed by atoms with van der Waals surface area (Å²) in [5, 5.41) is 0. The maximum atomic E-state index is 12.7. The molecule has 1 aromatic rings. The number of rotatable bonds is 4. The second-order valence-electron chi connectivity index (χ2n) is 5.65. The number of piperidine rings is 1. The van der Waals surface area contributed by atoms with E-state index in [-0.39, 0.29) is 12.0 Å². The van der Waals surface area contributed by atoms with Gasteiger partial charge in [0.25, 0.3) is 5.91 Å². The molecular formula is C15H21BrN2O2. The van der Waals surface area contributed by atoms with Gasteiger partial charge in [-0.3, -0.25) is 4.79 Å². The summed E-state index contributed by atoms with van der Waals surface area (Å²) in [6, 6.07) is 2.47. The van der Waals surface area contributed by atoms with Gasteiger partial charge in [0.15, 0.2) is 0 Å². The van der Waals surface area contributed by atoms with Crippen LogP contribution >= 0.6 is 15.9 Å². The lowest BCUT2D eigenvalue weighted by Crippen LogP contribution is -2.43. The summed E-state index contributed by atoms with van der Waals surface area (Å²) in [6.07, 6.45) is 6.69. The molecule has 110 valence electrons. The van der Waals surface area contributed by atoms with E-state index in [1.54, 1.807) is 0 Å². The number of ether oxygens (including phenoxy) is 1. The predicted octanol–water partition coefficient (Wildman–Crippen LogP) is 3.23. The van der Waals surface area contributed by atoms with Crippen molar-refractivity contribution in [1.82, 2.24) is 9.47 Å². The number of likely N-dealkylation sites (tertiary alicyclic amines) is 1. The van der Waals surface area contributed by atoms with Gasteiger partial charge >= 0.3 is 0 Å². The van der Waals surface area contributed by atoms with E-state index in [0.29, 0.717) is 6.04 Å². The lowest BCUT2D eigenvalue weighted by molar-refractivity contribution is 0.00686. The van der Waals surface area contributed by atoms with Gasteiger partial charge < -0.3 is 14.2 Å². The largest absolute Gasteiger partial charge is 0.377 e. The average molecular weight is 341 g/mol. The standard InChI is InChI=1S/C15H21BrN2O2/c1-2-20-13-4-3-7-17(10-13)15(19)14-8-11(16)9-18(14)12-5-6-12/h8-9,12-13H,2-7,10H2,1H3. The molecule has 1 unspecified atom stereocenters. The highest BCUT2D eigenvalue weighted by Crippen LogP contribution is 2.37. The molecular weight excluding hydrogens is 320 g/mol. The molecule has 1 aliphatic heterocycles. The van der Waals surface area contributed by atoms with Crippen LogP contribution in [0.4, 0.5) is 0 Å². The number of hydrogen-bond acceptors (Lipinski definition) is 2. The first-order valence-electron chi connectivity index (χ1n) is 7.47. The number of nitrogens with zero attached hydrogens (tertiary/aromatic N) is 2. The molecule has 2 fully saturated rings. The zero-order chi connectivity index (χ0) is 14.1. The Hall–Kier alpha value is -0.810. The Morgan fingerprint density at radius 2 is 2.25 bits per heavy atom. The van der Waals surface area contributed by atoms with Gasteiger partial charge in [0, 0.05) is 36.4 Å². The molecule has 1 saturated heterocycles. The van der Waals surface area contributed by atoms with Gasteiger partial charge in [-0.1, -0.05) is 0 Å². The summed E-state index contributed by atoms with van der Waals surface area (Å²) in [5.41, 5.74) is 0.816. The maximum Gasteiger partial charge on any atom is 0.270 e. The summed E-state index contributed by atoms with van der Waals surface area (Å²) in [6.45, 7) is 4.29. The lowest BCUT2D eigenvalue weighted by atomic mass is 10.1. The Morgan fingerprint density at radius 1 is 1.45 bits per heavy atom. The first-order valence-corrected chi connectivity index (χ1v) is 8.26. The lowest BCUT2D eigenvalue weighted by Gasteiger charge is -2.32. The van der Waals surface area contributed by atoms with Crippen molar-refractivity contribution in [2.45, 2.75) is 44.8 Å². The van der Waals surface area contributed by atoms with Crippen molar-refractivity contribution in [3.05, 3.63) is 22.4 Å². The second-order valence-corrected chi connectivity index (χ2v) is 6.57. The average Bonchev–Trinajstić information content (AvgIpc) is 3.21. The summed E-state index contributed by atoms with van der Waals surface area (Å²) >= 11 is 3.49. The first-order chi connectivity index (χ1) is 9.69. The Balaban J connectivity index is 1.74. The molecule has 1 saturated carbocycles. The van der Waals surface area contributed by atoms with E-state index in [4.69, 9.17) is 4.74 Å². The molecule has 2 heterocycles. The van der Waals surface area contributed by atoms with Gasteiger partial charge in [0.05, 0.1) is 6.10 Å². The molecule has 4 nitrogen and oxygen atoms in total. The van der Waals surface area contributed by atoms with Crippen LogP contribution in [0.25, 0.3) is 0 Å². The van der Waals surface area contributed by atoms with E-state index in [1.807, 2.05) is 24.1 Å². The Labute approximate surface area is 128 Å². The van der Waals surface area contributed by atoms with Gasteiger partial charge in [-0.2, -0.15) is 0 Å². The van der Waals surface area contributed by atoms with Crippen molar-refractivity contribution in [1.29, 1.82) is 0 Å². The Bertz CT molecular complexity index is 494. The van der Waals surface area contributed by atoms with Gasteiger partial charge in [0.2, 0.25) is 0 Å². The highest BCUT2D eigenvalue weighted by atomic mass is 79.9. The number of aromatic nitrogens is 1. The molecule has 5 heteroatoms. The maximum absolute atomic E-state index is 12.7. The molecule has 1 aromatic heterocycles. The van der Waals surface area contributed by atoms with Crippen molar-refractivity contribution in [2.75, 3.05) is 19.7 Å². The summed E-state index contributed by atoms with van der Waals surface area (Å²) in [4.78, 5) is 14.7. The minimum atomic E-state index is 0.145. The Kier molecular flexibility index (Phi) is 4.17. The molecule has 1 amide bonds. The molecule has 0 bridgehead atoms. The third kappa shape index (κ3) is 2.93. The normalized spacial score (nSPS) is 23.1. The third-order valence-electron chi connectivity index (χ3n) is 4.04. The SMILES string of the molecule is CCOC1CCCN(C(=O)c2cc(Br)cn2C2CC2)C1. The second kappa shape index (κ2) is 5.90. The fraction of sp³-hybridized carbons (Fsp3) is 0.667. The van der Waals surface area contributed by atoms with Crippen molar-refractivity contribution in [2.24, 2.45) is 0 Å². The molecule has 2 aliphatic rings. The van der Waals surface area contributed by atoms with Crippen LogP contribution in [0.5, 0.6) is 0 Å². The summed E-state index contributed by atoms with van der Waals surface area (Å²) < 4.78 is 8.81.